The number of aryl methyl sites for hydroxylation is 1. The van der Waals surface area contributed by atoms with Gasteiger partial charge in [-0.3, -0.25) is 14.3 Å². The lowest BCUT2D eigenvalue weighted by atomic mass is 10.1. The van der Waals surface area contributed by atoms with E-state index >= 15 is 0 Å². The van der Waals surface area contributed by atoms with E-state index < -0.39 is 29.6 Å². The van der Waals surface area contributed by atoms with Gasteiger partial charge in [-0.2, -0.15) is 0 Å². The van der Waals surface area contributed by atoms with Gasteiger partial charge in [0.15, 0.2) is 0 Å². The molecule has 126 valence electrons. The van der Waals surface area contributed by atoms with Crippen LogP contribution in [0.1, 0.15) is 24.6 Å². The summed E-state index contributed by atoms with van der Waals surface area (Å²) >= 11 is 0. The molecule has 2 heterocycles. The molecule has 10 nitrogen and oxygen atoms in total. The molecule has 1 aliphatic heterocycles. The fraction of sp³-hybridized carbons (Fsp3) is 0.692. The van der Waals surface area contributed by atoms with E-state index in [1.807, 2.05) is 0 Å². The number of aliphatic hydroxyl groups excluding tert-OH is 1. The molecule has 0 aliphatic carbocycles. The maximum Gasteiger partial charge on any atom is 0.330 e. The zero-order valence-corrected chi connectivity index (χ0v) is 12.7. The number of azide groups is 1. The number of hydrogen-bond donors (Lipinski definition) is 2. The van der Waals surface area contributed by atoms with E-state index in [4.69, 9.17) is 20.1 Å². The highest BCUT2D eigenvalue weighted by molar-refractivity contribution is 5.02. The van der Waals surface area contributed by atoms with Crippen LogP contribution in [0.25, 0.3) is 10.4 Å². The van der Waals surface area contributed by atoms with Gasteiger partial charge in [0.2, 0.25) is 0 Å². The Morgan fingerprint density at radius 1 is 1.61 bits per heavy atom. The quantitative estimate of drug-likeness (QED) is 0.319. The summed E-state index contributed by atoms with van der Waals surface area (Å²) in [5.74, 6) is 0. The predicted molar refractivity (Wildman–Crippen MR) is 80.0 cm³/mol. The topological polar surface area (TPSA) is 142 Å². The Morgan fingerprint density at radius 2 is 2.39 bits per heavy atom. The predicted octanol–water partition coefficient (Wildman–Crippen LogP) is 0.210. The van der Waals surface area contributed by atoms with Crippen LogP contribution in [0, 0.1) is 6.92 Å². The first-order valence-electron chi connectivity index (χ1n) is 7.27. The van der Waals surface area contributed by atoms with Gasteiger partial charge in [-0.05, 0) is 18.9 Å². The highest BCUT2D eigenvalue weighted by Crippen LogP contribution is 2.30. The second-order valence-corrected chi connectivity index (χ2v) is 5.27. The van der Waals surface area contributed by atoms with Gasteiger partial charge in [-0.25, -0.2) is 4.79 Å². The summed E-state index contributed by atoms with van der Waals surface area (Å²) in [6.45, 7) is 2.17. The smallest absolute Gasteiger partial charge is 0.330 e. The van der Waals surface area contributed by atoms with E-state index in [1.54, 1.807) is 6.92 Å². The number of aliphatic hydroxyl groups is 1. The SMILES string of the molecule is Cc1cn([C@H]2C[C@H](N=[N+]=[N-])[C@@H](COCCCO)O2)c(=O)[nH]c1=O. The van der Waals surface area contributed by atoms with Crippen molar-refractivity contribution in [1.82, 2.24) is 9.55 Å². The molecule has 1 fully saturated rings. The molecule has 0 bridgehead atoms. The van der Waals surface area contributed by atoms with Gasteiger partial charge >= 0.3 is 5.69 Å². The van der Waals surface area contributed by atoms with Crippen molar-refractivity contribution >= 4 is 0 Å². The molecule has 2 rings (SSSR count). The fourth-order valence-electron chi connectivity index (χ4n) is 2.39. The Balaban J connectivity index is 2.13. The van der Waals surface area contributed by atoms with Crippen molar-refractivity contribution in [2.24, 2.45) is 5.11 Å². The second kappa shape index (κ2) is 7.93. The normalized spacial score (nSPS) is 23.7. The highest BCUT2D eigenvalue weighted by Gasteiger charge is 2.36. The molecule has 1 saturated heterocycles. The summed E-state index contributed by atoms with van der Waals surface area (Å²) in [5.41, 5.74) is 8.02. The maximum atomic E-state index is 11.9. The van der Waals surface area contributed by atoms with E-state index in [0.717, 1.165) is 0 Å². The minimum atomic E-state index is -0.639. The van der Waals surface area contributed by atoms with Crippen LogP contribution in [0.15, 0.2) is 20.9 Å². The lowest BCUT2D eigenvalue weighted by Crippen LogP contribution is -2.33. The second-order valence-electron chi connectivity index (χ2n) is 5.27. The van der Waals surface area contributed by atoms with E-state index in [9.17, 15) is 9.59 Å². The first kappa shape index (κ1) is 17.2. The molecule has 1 aromatic heterocycles. The number of hydrogen-bond acceptors (Lipinski definition) is 6. The largest absolute Gasteiger partial charge is 0.396 e. The third-order valence-electron chi connectivity index (χ3n) is 3.59. The standard InChI is InChI=1S/C13H19N5O5/c1-8-6-18(13(21)15-12(8)20)11-5-9(16-17-14)10(23-11)7-22-4-2-3-19/h6,9-11,19H,2-5,7H2,1H3,(H,15,20,21)/t9-,10+,11+/m0/s1. The van der Waals surface area contributed by atoms with Crippen molar-refractivity contribution in [3.63, 3.8) is 0 Å². The number of H-pyrrole nitrogens is 1. The van der Waals surface area contributed by atoms with Gasteiger partial charge in [0, 0.05) is 36.3 Å². The van der Waals surface area contributed by atoms with Crippen molar-refractivity contribution < 1.29 is 14.6 Å². The van der Waals surface area contributed by atoms with Crippen LogP contribution < -0.4 is 11.2 Å². The number of nitrogens with zero attached hydrogens (tertiary/aromatic N) is 4. The molecule has 1 aliphatic rings. The van der Waals surface area contributed by atoms with E-state index in [-0.39, 0.29) is 13.2 Å². The molecule has 10 heteroatoms. The van der Waals surface area contributed by atoms with Crippen LogP contribution in [0.5, 0.6) is 0 Å². The van der Waals surface area contributed by atoms with Crippen LogP contribution in [0.4, 0.5) is 0 Å². The van der Waals surface area contributed by atoms with Gasteiger partial charge in [0.1, 0.15) is 6.23 Å². The van der Waals surface area contributed by atoms with E-state index in [1.165, 1.54) is 10.8 Å². The summed E-state index contributed by atoms with van der Waals surface area (Å²) in [5, 5.41) is 12.4. The Bertz CT molecular complexity index is 693. The van der Waals surface area contributed by atoms with Crippen LogP contribution >= 0.6 is 0 Å². The Kier molecular flexibility index (Phi) is 5.94. The van der Waals surface area contributed by atoms with E-state index in [2.05, 4.69) is 15.0 Å². The third-order valence-corrected chi connectivity index (χ3v) is 3.59. The summed E-state index contributed by atoms with van der Waals surface area (Å²) in [7, 11) is 0. The van der Waals surface area contributed by atoms with Crippen LogP contribution in [0.2, 0.25) is 0 Å². The van der Waals surface area contributed by atoms with Crippen molar-refractivity contribution in [1.29, 1.82) is 0 Å². The van der Waals surface area contributed by atoms with Crippen LogP contribution in [-0.2, 0) is 9.47 Å². The molecule has 0 unspecified atom stereocenters. The lowest BCUT2D eigenvalue weighted by Gasteiger charge is -2.16. The molecule has 0 spiro atoms. The molecular weight excluding hydrogens is 306 g/mol. The first-order valence-corrected chi connectivity index (χ1v) is 7.27. The van der Waals surface area contributed by atoms with Crippen molar-refractivity contribution in [3.8, 4) is 0 Å². The first-order chi connectivity index (χ1) is 11.1. The highest BCUT2D eigenvalue weighted by atomic mass is 16.6. The Labute approximate surface area is 131 Å². The Hall–Kier alpha value is -2.13. The van der Waals surface area contributed by atoms with Crippen LogP contribution in [-0.4, -0.2) is 46.6 Å². The van der Waals surface area contributed by atoms with E-state index in [0.29, 0.717) is 25.0 Å². The van der Waals surface area contributed by atoms with Gasteiger partial charge in [0.05, 0.1) is 18.8 Å². The maximum absolute atomic E-state index is 11.9. The monoisotopic (exact) mass is 325 g/mol. The molecule has 0 amide bonds. The molecule has 0 saturated carbocycles. The molecule has 3 atom stereocenters. The van der Waals surface area contributed by atoms with Gasteiger partial charge in [-0.1, -0.05) is 5.11 Å². The van der Waals surface area contributed by atoms with Crippen molar-refractivity contribution in [3.05, 3.63) is 43.0 Å². The zero-order chi connectivity index (χ0) is 16.8. The fourth-order valence-corrected chi connectivity index (χ4v) is 2.39. The van der Waals surface area contributed by atoms with Gasteiger partial charge in [-0.15, -0.1) is 0 Å². The van der Waals surface area contributed by atoms with Gasteiger partial charge in [0.25, 0.3) is 5.56 Å². The summed E-state index contributed by atoms with van der Waals surface area (Å²) in [6, 6.07) is -0.474. The lowest BCUT2D eigenvalue weighted by molar-refractivity contribution is -0.0467. The molecular formula is C13H19N5O5. The molecule has 0 aromatic carbocycles. The number of aromatic nitrogens is 2. The average Bonchev–Trinajstić information content (AvgIpc) is 2.91. The minimum absolute atomic E-state index is 0.0278. The van der Waals surface area contributed by atoms with Crippen molar-refractivity contribution in [2.75, 3.05) is 19.8 Å². The number of aromatic amines is 1. The summed E-state index contributed by atoms with van der Waals surface area (Å²) < 4.78 is 12.4. The van der Waals surface area contributed by atoms with Crippen LogP contribution in [0.3, 0.4) is 0 Å². The molecule has 2 N–H and O–H groups in total. The number of rotatable bonds is 7. The Morgan fingerprint density at radius 3 is 3.09 bits per heavy atom. The summed E-state index contributed by atoms with van der Waals surface area (Å²) in [6.07, 6.45) is 1.10. The van der Waals surface area contributed by atoms with Crippen molar-refractivity contribution in [2.45, 2.75) is 38.1 Å². The molecule has 1 aromatic rings. The summed E-state index contributed by atoms with van der Waals surface area (Å²) in [4.78, 5) is 28.4. The third kappa shape index (κ3) is 4.20. The molecule has 0 radical (unpaired) electrons. The average molecular weight is 325 g/mol. The molecule has 23 heavy (non-hydrogen) atoms. The number of ether oxygens (including phenoxy) is 2. The minimum Gasteiger partial charge on any atom is -0.396 e. The van der Waals surface area contributed by atoms with Gasteiger partial charge < -0.3 is 14.6 Å². The zero-order valence-electron chi connectivity index (χ0n) is 12.7. The number of nitrogens with one attached hydrogen (secondary N) is 1.